The van der Waals surface area contributed by atoms with Gasteiger partial charge in [-0.25, -0.2) is 0 Å². The number of ether oxygens (including phenoxy) is 1. The van der Waals surface area contributed by atoms with Crippen LogP contribution in [0.1, 0.15) is 16.7 Å². The van der Waals surface area contributed by atoms with E-state index in [2.05, 4.69) is 5.18 Å². The summed E-state index contributed by atoms with van der Waals surface area (Å²) in [5.41, 5.74) is 2.74. The lowest BCUT2D eigenvalue weighted by Crippen LogP contribution is -1.91. The fourth-order valence-corrected chi connectivity index (χ4v) is 1.93. The van der Waals surface area contributed by atoms with E-state index in [1.807, 2.05) is 24.3 Å². The highest BCUT2D eigenvalue weighted by Gasteiger charge is 2.08. The van der Waals surface area contributed by atoms with Crippen molar-refractivity contribution in [1.29, 1.82) is 0 Å². The van der Waals surface area contributed by atoms with Gasteiger partial charge in [0.25, 0.3) is 0 Å². The van der Waals surface area contributed by atoms with Crippen molar-refractivity contribution in [3.63, 3.8) is 0 Å². The molecule has 0 aliphatic heterocycles. The maximum Gasteiger partial charge on any atom is 0.119 e. The normalized spacial score (nSPS) is 10.2. The van der Waals surface area contributed by atoms with Crippen LogP contribution >= 0.6 is 0 Å². The summed E-state index contributed by atoms with van der Waals surface area (Å²) in [5.74, 6) is 0.966. The van der Waals surface area contributed by atoms with Crippen molar-refractivity contribution in [3.8, 4) is 11.5 Å². The molecule has 4 heteroatoms. The summed E-state index contributed by atoms with van der Waals surface area (Å²) in [6.07, 6.45) is 0.540. The zero-order valence-corrected chi connectivity index (χ0v) is 10.9. The van der Waals surface area contributed by atoms with Crippen LogP contribution in [0.3, 0.4) is 0 Å². The summed E-state index contributed by atoms with van der Waals surface area (Å²) < 4.78 is 5.09. The number of nitrogens with zero attached hydrogens (tertiary/aromatic N) is 1. The van der Waals surface area contributed by atoms with Crippen LogP contribution in [0.25, 0.3) is 0 Å². The molecule has 2 aromatic rings. The third kappa shape index (κ3) is 2.91. The minimum Gasteiger partial charge on any atom is -0.508 e. The zero-order valence-electron chi connectivity index (χ0n) is 10.9. The van der Waals surface area contributed by atoms with Gasteiger partial charge >= 0.3 is 0 Å². The molecule has 0 aliphatic carbocycles. The SMILES string of the molecule is COc1ccc(Cc2cc(N=O)c(C)cc2O)cc1. The van der Waals surface area contributed by atoms with Crippen molar-refractivity contribution in [2.45, 2.75) is 13.3 Å². The Morgan fingerprint density at radius 2 is 1.89 bits per heavy atom. The molecule has 0 radical (unpaired) electrons. The van der Waals surface area contributed by atoms with Gasteiger partial charge in [-0.1, -0.05) is 12.1 Å². The number of rotatable bonds is 4. The van der Waals surface area contributed by atoms with E-state index in [0.29, 0.717) is 23.2 Å². The van der Waals surface area contributed by atoms with E-state index in [4.69, 9.17) is 4.74 Å². The molecular weight excluding hydrogens is 242 g/mol. The minimum absolute atomic E-state index is 0.181. The lowest BCUT2D eigenvalue weighted by molar-refractivity contribution is 0.414. The van der Waals surface area contributed by atoms with E-state index in [1.165, 1.54) is 0 Å². The number of benzene rings is 2. The van der Waals surface area contributed by atoms with Gasteiger partial charge in [-0.15, -0.1) is 4.91 Å². The fraction of sp³-hybridized carbons (Fsp3) is 0.200. The summed E-state index contributed by atoms with van der Waals surface area (Å²) in [5, 5.41) is 12.9. The Morgan fingerprint density at radius 3 is 2.47 bits per heavy atom. The molecule has 98 valence electrons. The average molecular weight is 257 g/mol. The third-order valence-electron chi connectivity index (χ3n) is 3.05. The van der Waals surface area contributed by atoms with Gasteiger partial charge in [-0.05, 0) is 47.5 Å². The number of aromatic hydroxyl groups is 1. The Bertz CT molecular complexity index is 591. The topological polar surface area (TPSA) is 58.9 Å². The van der Waals surface area contributed by atoms with Crippen LogP contribution in [0.5, 0.6) is 11.5 Å². The molecular formula is C15H15NO3. The van der Waals surface area contributed by atoms with Gasteiger partial charge in [0.15, 0.2) is 0 Å². The Morgan fingerprint density at radius 1 is 1.21 bits per heavy atom. The van der Waals surface area contributed by atoms with Gasteiger partial charge in [0.05, 0.1) is 7.11 Å². The summed E-state index contributed by atoms with van der Waals surface area (Å²) in [4.78, 5) is 10.7. The number of hydrogen-bond donors (Lipinski definition) is 1. The molecule has 0 saturated carbocycles. The Kier molecular flexibility index (Phi) is 3.80. The molecule has 2 aromatic carbocycles. The standard InChI is InChI=1S/C15H15NO3/c1-10-7-15(17)12(9-14(10)16-18)8-11-3-5-13(19-2)6-4-11/h3-7,9,17H,8H2,1-2H3. The van der Waals surface area contributed by atoms with Crippen molar-refractivity contribution in [2.75, 3.05) is 7.11 Å². The summed E-state index contributed by atoms with van der Waals surface area (Å²) in [7, 11) is 1.61. The van der Waals surface area contributed by atoms with Gasteiger partial charge in [0, 0.05) is 12.0 Å². The molecule has 4 nitrogen and oxygen atoms in total. The number of nitroso groups, excluding NO2 is 1. The third-order valence-corrected chi connectivity index (χ3v) is 3.05. The van der Waals surface area contributed by atoms with E-state index in [9.17, 15) is 10.0 Å². The molecule has 19 heavy (non-hydrogen) atoms. The molecule has 0 bridgehead atoms. The molecule has 0 aliphatic rings. The minimum atomic E-state index is 0.181. The average Bonchev–Trinajstić information content (AvgIpc) is 2.42. The van der Waals surface area contributed by atoms with Crippen molar-refractivity contribution >= 4 is 5.69 Å². The smallest absolute Gasteiger partial charge is 0.119 e. The predicted molar refractivity (Wildman–Crippen MR) is 74.1 cm³/mol. The second kappa shape index (κ2) is 5.52. The molecule has 0 amide bonds. The first kappa shape index (κ1) is 13.1. The number of aryl methyl sites for hydroxylation is 1. The molecule has 0 spiro atoms. The highest BCUT2D eigenvalue weighted by molar-refractivity contribution is 5.54. The first-order valence-corrected chi connectivity index (χ1v) is 5.93. The number of phenolic OH excluding ortho intramolecular Hbond substituents is 1. The van der Waals surface area contributed by atoms with Crippen LogP contribution < -0.4 is 4.74 Å². The van der Waals surface area contributed by atoms with Crippen molar-refractivity contribution < 1.29 is 9.84 Å². The molecule has 0 unspecified atom stereocenters. The Labute approximate surface area is 111 Å². The van der Waals surface area contributed by atoms with Gasteiger partial charge < -0.3 is 9.84 Å². The van der Waals surface area contributed by atoms with Gasteiger partial charge in [0.1, 0.15) is 17.2 Å². The quantitative estimate of drug-likeness (QED) is 0.849. The van der Waals surface area contributed by atoms with E-state index in [1.54, 1.807) is 26.2 Å². The number of methoxy groups -OCH3 is 1. The molecule has 0 heterocycles. The summed E-state index contributed by atoms with van der Waals surface area (Å²) >= 11 is 0. The van der Waals surface area contributed by atoms with Crippen LogP contribution in [0.2, 0.25) is 0 Å². The highest BCUT2D eigenvalue weighted by atomic mass is 16.5. The predicted octanol–water partition coefficient (Wildman–Crippen LogP) is 3.70. The maximum atomic E-state index is 10.7. The van der Waals surface area contributed by atoms with Crippen LogP contribution in [-0.2, 0) is 6.42 Å². The lowest BCUT2D eigenvalue weighted by atomic mass is 10.0. The molecule has 0 saturated heterocycles. The molecule has 2 rings (SSSR count). The number of phenols is 1. The van der Waals surface area contributed by atoms with E-state index >= 15 is 0 Å². The first-order valence-electron chi connectivity index (χ1n) is 5.93. The maximum absolute atomic E-state index is 10.7. The zero-order chi connectivity index (χ0) is 13.8. The van der Waals surface area contributed by atoms with Crippen LogP contribution in [0, 0.1) is 11.8 Å². The fourth-order valence-electron chi connectivity index (χ4n) is 1.93. The Hall–Kier alpha value is -2.36. The van der Waals surface area contributed by atoms with Crippen molar-refractivity contribution in [3.05, 3.63) is 58.0 Å². The largest absolute Gasteiger partial charge is 0.508 e. The lowest BCUT2D eigenvalue weighted by Gasteiger charge is -2.08. The van der Waals surface area contributed by atoms with Gasteiger partial charge in [0.2, 0.25) is 0 Å². The van der Waals surface area contributed by atoms with Crippen LogP contribution in [0.15, 0.2) is 41.6 Å². The van der Waals surface area contributed by atoms with E-state index < -0.39 is 0 Å². The van der Waals surface area contributed by atoms with Crippen LogP contribution in [-0.4, -0.2) is 12.2 Å². The van der Waals surface area contributed by atoms with E-state index in [-0.39, 0.29) is 5.75 Å². The first-order chi connectivity index (χ1) is 9.13. The Balaban J connectivity index is 2.29. The van der Waals surface area contributed by atoms with Gasteiger partial charge in [-0.3, -0.25) is 0 Å². The van der Waals surface area contributed by atoms with Crippen molar-refractivity contribution in [1.82, 2.24) is 0 Å². The molecule has 1 N–H and O–H groups in total. The monoisotopic (exact) mass is 257 g/mol. The van der Waals surface area contributed by atoms with Gasteiger partial charge in [-0.2, -0.15) is 0 Å². The summed E-state index contributed by atoms with van der Waals surface area (Å²) in [6, 6.07) is 10.8. The molecule has 0 atom stereocenters. The van der Waals surface area contributed by atoms with Crippen molar-refractivity contribution in [2.24, 2.45) is 5.18 Å². The summed E-state index contributed by atoms with van der Waals surface area (Å²) in [6.45, 7) is 1.74. The second-order valence-corrected chi connectivity index (χ2v) is 4.38. The second-order valence-electron chi connectivity index (χ2n) is 4.38. The molecule has 0 fully saturated rings. The van der Waals surface area contributed by atoms with E-state index in [0.717, 1.165) is 11.3 Å². The molecule has 0 aromatic heterocycles. The highest BCUT2D eigenvalue weighted by Crippen LogP contribution is 2.29. The van der Waals surface area contributed by atoms with Crippen LogP contribution in [0.4, 0.5) is 5.69 Å². The number of hydrogen-bond acceptors (Lipinski definition) is 4.